The molecule has 0 aromatic carbocycles. The van der Waals surface area contributed by atoms with Gasteiger partial charge in [-0.25, -0.2) is 9.59 Å². The molecule has 8 nitrogen and oxygen atoms in total. The van der Waals surface area contributed by atoms with Gasteiger partial charge < -0.3 is 26.0 Å². The second-order valence-electron chi connectivity index (χ2n) is 4.86. The van der Waals surface area contributed by atoms with Gasteiger partial charge in [-0.3, -0.25) is 4.79 Å². The fourth-order valence-corrected chi connectivity index (χ4v) is 1.99. The van der Waals surface area contributed by atoms with E-state index in [0.29, 0.717) is 13.1 Å². The first-order chi connectivity index (χ1) is 8.81. The van der Waals surface area contributed by atoms with Crippen molar-refractivity contribution >= 4 is 17.9 Å². The van der Waals surface area contributed by atoms with Crippen molar-refractivity contribution in [3.05, 3.63) is 0 Å². The van der Waals surface area contributed by atoms with Crippen molar-refractivity contribution in [1.29, 1.82) is 0 Å². The van der Waals surface area contributed by atoms with Crippen LogP contribution in [0.5, 0.6) is 0 Å². The zero-order chi connectivity index (χ0) is 14.6. The SMILES string of the molecule is CN(C)C1CCN(C(=O)N[C@H](CC(N)=O)C(=O)O)C1. The van der Waals surface area contributed by atoms with E-state index in [9.17, 15) is 14.4 Å². The lowest BCUT2D eigenvalue weighted by molar-refractivity contribution is -0.140. The summed E-state index contributed by atoms with van der Waals surface area (Å²) in [5.41, 5.74) is 4.95. The molecule has 2 atom stereocenters. The fourth-order valence-electron chi connectivity index (χ4n) is 1.99. The number of primary amides is 1. The van der Waals surface area contributed by atoms with Gasteiger partial charge in [-0.2, -0.15) is 0 Å². The Labute approximate surface area is 111 Å². The van der Waals surface area contributed by atoms with Crippen LogP contribution < -0.4 is 11.1 Å². The predicted molar refractivity (Wildman–Crippen MR) is 67.4 cm³/mol. The average Bonchev–Trinajstić information content (AvgIpc) is 2.76. The zero-order valence-corrected chi connectivity index (χ0v) is 11.1. The summed E-state index contributed by atoms with van der Waals surface area (Å²) in [5.74, 6) is -2.03. The predicted octanol–water partition coefficient (Wildman–Crippen LogP) is -1.34. The van der Waals surface area contributed by atoms with Crippen molar-refractivity contribution in [2.75, 3.05) is 27.2 Å². The smallest absolute Gasteiger partial charge is 0.326 e. The summed E-state index contributed by atoms with van der Waals surface area (Å²) in [7, 11) is 3.86. The highest BCUT2D eigenvalue weighted by molar-refractivity contribution is 5.87. The van der Waals surface area contributed by atoms with Crippen LogP contribution in [0.3, 0.4) is 0 Å². The summed E-state index contributed by atoms with van der Waals surface area (Å²) in [6, 6.07) is -1.48. The van der Waals surface area contributed by atoms with E-state index in [1.807, 2.05) is 19.0 Å². The molecule has 1 fully saturated rings. The van der Waals surface area contributed by atoms with Crippen LogP contribution in [-0.2, 0) is 9.59 Å². The molecule has 19 heavy (non-hydrogen) atoms. The number of likely N-dealkylation sites (tertiary alicyclic amines) is 1. The third kappa shape index (κ3) is 4.40. The first-order valence-electron chi connectivity index (χ1n) is 6.04. The standard InChI is InChI=1S/C11H20N4O4/c1-14(2)7-3-4-15(6-7)11(19)13-8(10(17)18)5-9(12)16/h7-8H,3-6H2,1-2H3,(H2,12,16)(H,13,19)(H,17,18)/t7?,8-/m1/s1. The summed E-state index contributed by atoms with van der Waals surface area (Å²) >= 11 is 0. The number of amides is 3. The number of carbonyl (C=O) groups excluding carboxylic acids is 2. The molecule has 0 aromatic rings. The molecular formula is C11H20N4O4. The zero-order valence-electron chi connectivity index (χ0n) is 11.1. The van der Waals surface area contributed by atoms with Crippen LogP contribution in [0.1, 0.15) is 12.8 Å². The van der Waals surface area contributed by atoms with Gasteiger partial charge in [0.05, 0.1) is 6.42 Å². The van der Waals surface area contributed by atoms with Gasteiger partial charge in [0.15, 0.2) is 0 Å². The lowest BCUT2D eigenvalue weighted by atomic mass is 10.2. The first-order valence-corrected chi connectivity index (χ1v) is 6.04. The lowest BCUT2D eigenvalue weighted by Gasteiger charge is -2.22. The number of aliphatic carboxylic acids is 1. The molecule has 0 saturated carbocycles. The molecule has 1 unspecified atom stereocenters. The highest BCUT2D eigenvalue weighted by atomic mass is 16.4. The van der Waals surface area contributed by atoms with E-state index in [4.69, 9.17) is 10.8 Å². The molecule has 108 valence electrons. The normalized spacial score (nSPS) is 20.4. The minimum atomic E-state index is -1.27. The minimum Gasteiger partial charge on any atom is -0.480 e. The highest BCUT2D eigenvalue weighted by Gasteiger charge is 2.30. The molecule has 1 saturated heterocycles. The number of carboxylic acid groups (broad SMARTS) is 1. The summed E-state index contributed by atoms with van der Waals surface area (Å²) in [6.07, 6.45) is 0.431. The molecular weight excluding hydrogens is 252 g/mol. The van der Waals surface area contributed by atoms with Crippen LogP contribution in [0.25, 0.3) is 0 Å². The van der Waals surface area contributed by atoms with Gasteiger partial charge >= 0.3 is 12.0 Å². The number of carboxylic acids is 1. The van der Waals surface area contributed by atoms with Gasteiger partial charge in [0.25, 0.3) is 0 Å². The van der Waals surface area contributed by atoms with Crippen LogP contribution >= 0.6 is 0 Å². The van der Waals surface area contributed by atoms with Gasteiger partial charge in [0.1, 0.15) is 6.04 Å². The van der Waals surface area contributed by atoms with Crippen molar-refractivity contribution in [2.45, 2.75) is 24.9 Å². The lowest BCUT2D eigenvalue weighted by Crippen LogP contribution is -2.49. The summed E-state index contributed by atoms with van der Waals surface area (Å²) in [6.45, 7) is 1.11. The van der Waals surface area contributed by atoms with E-state index in [2.05, 4.69) is 5.32 Å². The van der Waals surface area contributed by atoms with E-state index in [1.165, 1.54) is 0 Å². The minimum absolute atomic E-state index is 0.269. The number of rotatable bonds is 5. The van der Waals surface area contributed by atoms with Gasteiger partial charge in [0, 0.05) is 19.1 Å². The van der Waals surface area contributed by atoms with Crippen LogP contribution in [-0.4, -0.2) is 72.1 Å². The Bertz CT molecular complexity index is 372. The quantitative estimate of drug-likeness (QED) is 0.573. The van der Waals surface area contributed by atoms with Crippen LogP contribution in [0.2, 0.25) is 0 Å². The Balaban J connectivity index is 2.54. The maximum Gasteiger partial charge on any atom is 0.326 e. The monoisotopic (exact) mass is 272 g/mol. The molecule has 0 radical (unpaired) electrons. The Kier molecular flexibility index (Phi) is 5.11. The van der Waals surface area contributed by atoms with Gasteiger partial charge in [0.2, 0.25) is 5.91 Å². The number of nitrogens with two attached hydrogens (primary N) is 1. The Morgan fingerprint density at radius 2 is 2.11 bits per heavy atom. The molecule has 1 aliphatic rings. The average molecular weight is 272 g/mol. The topological polar surface area (TPSA) is 116 Å². The number of carbonyl (C=O) groups is 3. The number of urea groups is 1. The third-order valence-electron chi connectivity index (χ3n) is 3.18. The maximum absolute atomic E-state index is 11.9. The summed E-state index contributed by atoms with van der Waals surface area (Å²) in [4.78, 5) is 37.1. The van der Waals surface area contributed by atoms with Crippen LogP contribution in [0.15, 0.2) is 0 Å². The molecule has 1 aliphatic heterocycles. The number of likely N-dealkylation sites (N-methyl/N-ethyl adjacent to an activating group) is 1. The van der Waals surface area contributed by atoms with Crippen molar-refractivity contribution < 1.29 is 19.5 Å². The second kappa shape index (κ2) is 6.37. The van der Waals surface area contributed by atoms with Crippen LogP contribution in [0, 0.1) is 0 Å². The second-order valence-corrected chi connectivity index (χ2v) is 4.86. The van der Waals surface area contributed by atoms with Crippen LogP contribution in [0.4, 0.5) is 4.79 Å². The molecule has 1 heterocycles. The Hall–Kier alpha value is -1.83. The van der Waals surface area contributed by atoms with Gasteiger partial charge in [-0.15, -0.1) is 0 Å². The molecule has 0 aromatic heterocycles. The summed E-state index contributed by atoms with van der Waals surface area (Å²) in [5, 5.41) is 11.2. The van der Waals surface area contributed by atoms with Gasteiger partial charge in [-0.05, 0) is 20.5 Å². The maximum atomic E-state index is 11.9. The molecule has 4 N–H and O–H groups in total. The first kappa shape index (κ1) is 15.2. The van der Waals surface area contributed by atoms with Crippen molar-refractivity contribution in [3.63, 3.8) is 0 Å². The number of hydrogen-bond acceptors (Lipinski definition) is 4. The van der Waals surface area contributed by atoms with Crippen molar-refractivity contribution in [3.8, 4) is 0 Å². The van der Waals surface area contributed by atoms with Gasteiger partial charge in [-0.1, -0.05) is 0 Å². The molecule has 0 aliphatic carbocycles. The molecule has 8 heteroatoms. The fraction of sp³-hybridized carbons (Fsp3) is 0.727. The molecule has 0 bridgehead atoms. The van der Waals surface area contributed by atoms with E-state index < -0.39 is 30.4 Å². The van der Waals surface area contributed by atoms with Crippen molar-refractivity contribution in [2.24, 2.45) is 5.73 Å². The van der Waals surface area contributed by atoms with E-state index in [-0.39, 0.29) is 6.04 Å². The Morgan fingerprint density at radius 1 is 1.47 bits per heavy atom. The number of nitrogens with zero attached hydrogens (tertiary/aromatic N) is 2. The summed E-state index contributed by atoms with van der Waals surface area (Å²) < 4.78 is 0. The molecule has 1 rings (SSSR count). The van der Waals surface area contributed by atoms with Crippen molar-refractivity contribution in [1.82, 2.24) is 15.1 Å². The highest BCUT2D eigenvalue weighted by Crippen LogP contribution is 2.13. The number of hydrogen-bond donors (Lipinski definition) is 3. The largest absolute Gasteiger partial charge is 0.480 e. The molecule has 3 amide bonds. The van der Waals surface area contributed by atoms with E-state index in [0.717, 1.165) is 6.42 Å². The van der Waals surface area contributed by atoms with E-state index in [1.54, 1.807) is 4.90 Å². The molecule has 0 spiro atoms. The van der Waals surface area contributed by atoms with E-state index >= 15 is 0 Å². The number of nitrogens with one attached hydrogen (secondary N) is 1. The third-order valence-corrected chi connectivity index (χ3v) is 3.18. The Morgan fingerprint density at radius 3 is 2.53 bits per heavy atom.